The maximum absolute atomic E-state index is 12.7. The first kappa shape index (κ1) is 17.4. The fourth-order valence-corrected chi connectivity index (χ4v) is 3.87. The molecule has 7 heteroatoms. The van der Waals surface area contributed by atoms with Gasteiger partial charge >= 0.3 is 5.97 Å². The van der Waals surface area contributed by atoms with Gasteiger partial charge < -0.3 is 9.52 Å². The van der Waals surface area contributed by atoms with E-state index in [4.69, 9.17) is 16.6 Å². The number of hydrogen-bond donors (Lipinski definition) is 1. The van der Waals surface area contributed by atoms with E-state index in [0.717, 1.165) is 23.1 Å². The van der Waals surface area contributed by atoms with Crippen LogP contribution in [-0.4, -0.2) is 32.2 Å². The molecule has 25 heavy (non-hydrogen) atoms. The zero-order valence-electron chi connectivity index (χ0n) is 13.3. The monoisotopic (exact) mass is 373 g/mol. The van der Waals surface area contributed by atoms with Gasteiger partial charge in [0, 0.05) is 12.5 Å². The molecule has 1 aliphatic rings. The zero-order valence-corrected chi connectivity index (χ0v) is 15.0. The topological polar surface area (TPSA) is 70.8 Å². The van der Waals surface area contributed by atoms with Gasteiger partial charge in [0.2, 0.25) is 0 Å². The molecule has 0 aliphatic carbocycles. The van der Waals surface area contributed by atoms with Gasteiger partial charge in [-0.1, -0.05) is 54.3 Å². The molecule has 1 aliphatic heterocycles. The van der Waals surface area contributed by atoms with Crippen molar-refractivity contribution in [2.24, 2.45) is 0 Å². The van der Waals surface area contributed by atoms with E-state index in [0.29, 0.717) is 10.7 Å². The largest absolute Gasteiger partial charge is 0.480 e. The van der Waals surface area contributed by atoms with Gasteiger partial charge in [-0.25, -0.2) is 4.79 Å². The Balaban J connectivity index is 1.86. The van der Waals surface area contributed by atoms with E-state index in [-0.39, 0.29) is 10.7 Å². The van der Waals surface area contributed by atoms with Crippen molar-refractivity contribution < 1.29 is 19.1 Å². The highest BCUT2D eigenvalue weighted by molar-refractivity contribution is 8.26. The zero-order chi connectivity index (χ0) is 18.0. The lowest BCUT2D eigenvalue weighted by molar-refractivity contribution is -0.145. The van der Waals surface area contributed by atoms with Gasteiger partial charge in [-0.2, -0.15) is 0 Å². The summed E-state index contributed by atoms with van der Waals surface area (Å²) in [4.78, 5) is 26.0. The molecule has 1 saturated heterocycles. The lowest BCUT2D eigenvalue weighted by atomic mass is 10.0. The quantitative estimate of drug-likeness (QED) is 0.639. The van der Waals surface area contributed by atoms with E-state index in [1.165, 1.54) is 4.90 Å². The molecule has 1 fully saturated rings. The Morgan fingerprint density at radius 1 is 1.32 bits per heavy atom. The Kier molecular flexibility index (Phi) is 5.06. The van der Waals surface area contributed by atoms with Crippen LogP contribution in [0.15, 0.2) is 51.8 Å². The van der Waals surface area contributed by atoms with Crippen molar-refractivity contribution in [2.45, 2.75) is 19.4 Å². The van der Waals surface area contributed by atoms with Crippen molar-refractivity contribution in [3.8, 4) is 0 Å². The van der Waals surface area contributed by atoms with E-state index in [1.54, 1.807) is 18.2 Å². The second-order valence-corrected chi connectivity index (χ2v) is 7.22. The molecule has 0 radical (unpaired) electrons. The van der Waals surface area contributed by atoms with Crippen LogP contribution in [0.4, 0.5) is 0 Å². The first-order valence-corrected chi connectivity index (χ1v) is 8.78. The van der Waals surface area contributed by atoms with Crippen molar-refractivity contribution in [1.29, 1.82) is 0 Å². The highest BCUT2D eigenvalue weighted by Crippen LogP contribution is 2.35. The predicted octanol–water partition coefficient (Wildman–Crippen LogP) is 3.49. The molecule has 1 atom stereocenters. The second-order valence-electron chi connectivity index (χ2n) is 5.54. The molecule has 2 heterocycles. The Hall–Kier alpha value is -2.38. The number of carbonyl (C=O) groups excluding carboxylic acids is 1. The van der Waals surface area contributed by atoms with Crippen molar-refractivity contribution in [3.05, 3.63) is 64.5 Å². The number of carbonyl (C=O) groups is 2. The molecule has 1 aromatic carbocycles. The number of nitrogens with zero attached hydrogens (tertiary/aromatic N) is 1. The third kappa shape index (κ3) is 3.83. The molecule has 1 amide bonds. The summed E-state index contributed by atoms with van der Waals surface area (Å²) in [6.45, 7) is 1.81. The molecule has 1 N–H and O–H groups in total. The minimum absolute atomic E-state index is 0.190. The van der Waals surface area contributed by atoms with Crippen LogP contribution in [0.25, 0.3) is 6.08 Å². The minimum atomic E-state index is -1.09. The van der Waals surface area contributed by atoms with Crippen LogP contribution in [0, 0.1) is 6.92 Å². The molecule has 128 valence electrons. The van der Waals surface area contributed by atoms with E-state index in [1.807, 2.05) is 37.3 Å². The third-order valence-corrected chi connectivity index (χ3v) is 5.06. The van der Waals surface area contributed by atoms with Crippen LogP contribution in [0.5, 0.6) is 0 Å². The van der Waals surface area contributed by atoms with E-state index < -0.39 is 17.9 Å². The third-order valence-electron chi connectivity index (χ3n) is 3.73. The molecule has 2 aromatic rings. The number of aliphatic carboxylic acids is 1. The van der Waals surface area contributed by atoms with Crippen LogP contribution in [-0.2, 0) is 16.0 Å². The number of rotatable bonds is 5. The maximum atomic E-state index is 12.7. The first-order chi connectivity index (χ1) is 12.0. The summed E-state index contributed by atoms with van der Waals surface area (Å²) in [6, 6.07) is 11.7. The molecule has 3 rings (SSSR count). The number of aryl methyl sites for hydroxylation is 1. The van der Waals surface area contributed by atoms with E-state index in [9.17, 15) is 14.7 Å². The molecule has 0 spiro atoms. The average Bonchev–Trinajstić information content (AvgIpc) is 3.10. The number of furan rings is 1. The van der Waals surface area contributed by atoms with Crippen LogP contribution < -0.4 is 0 Å². The lowest BCUT2D eigenvalue weighted by Crippen LogP contribution is -2.45. The number of carboxylic acids is 1. The Morgan fingerprint density at radius 3 is 2.64 bits per heavy atom. The summed E-state index contributed by atoms with van der Waals surface area (Å²) >= 11 is 6.35. The summed E-state index contributed by atoms with van der Waals surface area (Å²) in [6.07, 6.45) is 1.78. The number of carboxylic acid groups (broad SMARTS) is 1. The van der Waals surface area contributed by atoms with Crippen molar-refractivity contribution >= 4 is 46.3 Å². The van der Waals surface area contributed by atoms with Gasteiger partial charge in [0.05, 0.1) is 4.91 Å². The summed E-state index contributed by atoms with van der Waals surface area (Å²) < 4.78 is 5.69. The van der Waals surface area contributed by atoms with Crippen LogP contribution in [0.2, 0.25) is 0 Å². The van der Waals surface area contributed by atoms with Gasteiger partial charge in [0.1, 0.15) is 21.9 Å². The van der Waals surface area contributed by atoms with Gasteiger partial charge in [-0.15, -0.1) is 0 Å². The number of benzene rings is 1. The molecule has 1 unspecified atom stereocenters. The lowest BCUT2D eigenvalue weighted by Gasteiger charge is -2.23. The number of hydrogen-bond acceptors (Lipinski definition) is 5. The summed E-state index contributed by atoms with van der Waals surface area (Å²) in [5.41, 5.74) is 0.828. The first-order valence-electron chi connectivity index (χ1n) is 7.56. The number of thiocarbonyl (C=S) groups is 1. The highest BCUT2D eigenvalue weighted by atomic mass is 32.2. The standard InChI is InChI=1S/C18H15NO4S2/c1-11-7-8-13(23-11)10-15-16(20)19(18(24)25-15)14(17(21)22)9-12-5-3-2-4-6-12/h2-8,10,14H,9H2,1H3,(H,21,22)/b15-10-. The van der Waals surface area contributed by atoms with Gasteiger partial charge in [-0.3, -0.25) is 9.69 Å². The SMILES string of the molecule is Cc1ccc(/C=C2\SC(=S)N(C(Cc3ccccc3)C(=O)O)C2=O)o1. The highest BCUT2D eigenvalue weighted by Gasteiger charge is 2.40. The molecular weight excluding hydrogens is 358 g/mol. The molecule has 0 saturated carbocycles. The Morgan fingerprint density at radius 2 is 2.04 bits per heavy atom. The van der Waals surface area contributed by atoms with Crippen LogP contribution in [0.1, 0.15) is 17.1 Å². The van der Waals surface area contributed by atoms with E-state index >= 15 is 0 Å². The van der Waals surface area contributed by atoms with Gasteiger partial charge in [0.15, 0.2) is 0 Å². The van der Waals surface area contributed by atoms with Crippen LogP contribution in [0.3, 0.4) is 0 Å². The number of amides is 1. The van der Waals surface area contributed by atoms with Crippen LogP contribution >= 0.6 is 24.0 Å². The van der Waals surface area contributed by atoms with Crippen molar-refractivity contribution in [2.75, 3.05) is 0 Å². The molecule has 1 aromatic heterocycles. The summed E-state index contributed by atoms with van der Waals surface area (Å²) in [5, 5.41) is 9.61. The predicted molar refractivity (Wildman–Crippen MR) is 100 cm³/mol. The van der Waals surface area contributed by atoms with E-state index in [2.05, 4.69) is 0 Å². The normalized spacial score (nSPS) is 17.3. The fraction of sp³-hybridized carbons (Fsp3) is 0.167. The van der Waals surface area contributed by atoms with Gasteiger partial charge in [0.25, 0.3) is 5.91 Å². The molecular formula is C18H15NO4S2. The summed E-state index contributed by atoms with van der Waals surface area (Å²) in [5.74, 6) is -0.232. The fourth-order valence-electron chi connectivity index (χ4n) is 2.54. The van der Waals surface area contributed by atoms with Gasteiger partial charge in [-0.05, 0) is 24.6 Å². The van der Waals surface area contributed by atoms with Crippen molar-refractivity contribution in [3.63, 3.8) is 0 Å². The smallest absolute Gasteiger partial charge is 0.327 e. The number of thioether (sulfide) groups is 1. The summed E-state index contributed by atoms with van der Waals surface area (Å²) in [7, 11) is 0. The van der Waals surface area contributed by atoms with Crippen molar-refractivity contribution in [1.82, 2.24) is 4.90 Å². The minimum Gasteiger partial charge on any atom is -0.480 e. The average molecular weight is 373 g/mol. The second kappa shape index (κ2) is 7.25. The molecule has 0 bridgehead atoms. The maximum Gasteiger partial charge on any atom is 0.327 e. The molecule has 5 nitrogen and oxygen atoms in total. The Bertz CT molecular complexity index is 857. The Labute approximate surface area is 154 Å².